The van der Waals surface area contributed by atoms with Crippen LogP contribution in [0, 0.1) is 0 Å². The van der Waals surface area contributed by atoms with Crippen LogP contribution < -0.4 is 31.3 Å². The molecule has 23 heavy (non-hydrogen) atoms. The van der Waals surface area contributed by atoms with E-state index in [1.54, 1.807) is 0 Å². The average Bonchev–Trinajstić information content (AvgIpc) is 3.12. The minimum atomic E-state index is 0. The van der Waals surface area contributed by atoms with Gasteiger partial charge in [0.15, 0.2) is 13.1 Å². The largest absolute Gasteiger partial charge is 1.00 e. The zero-order valence-electron chi connectivity index (χ0n) is 12.9. The maximum absolute atomic E-state index is 5.94. The highest BCUT2D eigenvalue weighted by molar-refractivity contribution is 6.18. The SMILES string of the molecule is ClCCN1CC[n+]2c1ccc1ccc3[n+](c12)CCN3CCCl.[Cl-]. The lowest BCUT2D eigenvalue weighted by molar-refractivity contribution is -0.753. The summed E-state index contributed by atoms with van der Waals surface area (Å²) in [5.41, 5.74) is 1.32. The van der Waals surface area contributed by atoms with Crippen LogP contribution in [0.3, 0.4) is 0 Å². The Morgan fingerprint density at radius 2 is 1.30 bits per heavy atom. The number of anilines is 2. The van der Waals surface area contributed by atoms with Gasteiger partial charge in [-0.3, -0.25) is 0 Å². The Balaban J connectivity index is 0.00000156. The van der Waals surface area contributed by atoms with E-state index < -0.39 is 0 Å². The van der Waals surface area contributed by atoms with Crippen LogP contribution >= 0.6 is 23.2 Å². The number of aromatic nitrogens is 2. The standard InChI is InChI=1S/C16H20Cl2N4.ClH/c17-5-7-19-9-11-21-14(19)3-1-13-2-4-15-20(8-6-18)10-12-22(15)16(13)21;/h1-4H,5-12H2;1H/q+2;/p-1. The van der Waals surface area contributed by atoms with Gasteiger partial charge in [0.1, 0.15) is 13.1 Å². The summed E-state index contributed by atoms with van der Waals surface area (Å²) in [6.45, 7) is 5.96. The fourth-order valence-corrected chi connectivity index (χ4v) is 4.12. The number of halogens is 3. The minimum absolute atomic E-state index is 0. The summed E-state index contributed by atoms with van der Waals surface area (Å²) >= 11 is 11.9. The molecule has 0 radical (unpaired) electrons. The second-order valence-corrected chi connectivity index (χ2v) is 6.57. The molecule has 0 aliphatic carbocycles. The van der Waals surface area contributed by atoms with Crippen LogP contribution in [0.15, 0.2) is 24.3 Å². The predicted octanol–water partition coefficient (Wildman–Crippen LogP) is -1.46. The molecule has 2 aromatic heterocycles. The van der Waals surface area contributed by atoms with Gasteiger partial charge in [-0.25, -0.2) is 4.90 Å². The second kappa shape index (κ2) is 6.88. The molecule has 0 amide bonds. The normalized spacial score (nSPS) is 15.7. The third kappa shape index (κ3) is 2.71. The summed E-state index contributed by atoms with van der Waals surface area (Å²) < 4.78 is 4.88. The number of hydrogen-bond acceptors (Lipinski definition) is 2. The monoisotopic (exact) mass is 373 g/mol. The van der Waals surface area contributed by atoms with Gasteiger partial charge in [0, 0.05) is 24.6 Å². The number of rotatable bonds is 4. The van der Waals surface area contributed by atoms with Crippen molar-refractivity contribution in [3.63, 3.8) is 0 Å². The quantitative estimate of drug-likeness (QED) is 0.480. The Labute approximate surface area is 152 Å². The predicted molar refractivity (Wildman–Crippen MR) is 90.2 cm³/mol. The summed E-state index contributed by atoms with van der Waals surface area (Å²) in [5, 5.41) is 1.30. The lowest BCUT2D eigenvalue weighted by atomic mass is 10.2. The van der Waals surface area contributed by atoms with Gasteiger partial charge in [0.05, 0.1) is 17.8 Å². The number of pyridine rings is 2. The first-order valence-corrected chi connectivity index (χ1v) is 8.91. The van der Waals surface area contributed by atoms with E-state index in [2.05, 4.69) is 43.2 Å². The second-order valence-electron chi connectivity index (χ2n) is 5.82. The van der Waals surface area contributed by atoms with Crippen LogP contribution in [0.5, 0.6) is 0 Å². The maximum atomic E-state index is 5.94. The summed E-state index contributed by atoms with van der Waals surface area (Å²) in [5.74, 6) is 3.90. The van der Waals surface area contributed by atoms with Crippen molar-refractivity contribution < 1.29 is 21.5 Å². The van der Waals surface area contributed by atoms with Gasteiger partial charge < -0.3 is 17.3 Å². The Morgan fingerprint density at radius 3 is 1.74 bits per heavy atom. The molecule has 4 nitrogen and oxygen atoms in total. The van der Waals surface area contributed by atoms with Gasteiger partial charge in [-0.15, -0.1) is 27.8 Å². The van der Waals surface area contributed by atoms with Crippen molar-refractivity contribution in [2.75, 3.05) is 47.7 Å². The lowest BCUT2D eigenvalue weighted by Crippen LogP contribution is -3.00. The first-order valence-electron chi connectivity index (χ1n) is 7.84. The van der Waals surface area contributed by atoms with Crippen molar-refractivity contribution in [1.82, 2.24) is 0 Å². The molecule has 2 aliphatic rings. The number of hydrogen-bond donors (Lipinski definition) is 0. The van der Waals surface area contributed by atoms with Crippen molar-refractivity contribution in [3.8, 4) is 0 Å². The third-order valence-corrected chi connectivity index (χ3v) is 5.03. The summed E-state index contributed by atoms with van der Waals surface area (Å²) in [6, 6.07) is 8.90. The summed E-state index contributed by atoms with van der Waals surface area (Å²) in [4.78, 5) is 4.75. The molecule has 7 heteroatoms. The highest BCUT2D eigenvalue weighted by Crippen LogP contribution is 2.22. The van der Waals surface area contributed by atoms with Gasteiger partial charge in [-0.1, -0.05) is 0 Å². The van der Waals surface area contributed by atoms with Gasteiger partial charge in [-0.05, 0) is 12.1 Å². The minimum Gasteiger partial charge on any atom is -1.00 e. The summed E-state index contributed by atoms with van der Waals surface area (Å²) in [7, 11) is 0. The summed E-state index contributed by atoms with van der Waals surface area (Å²) in [6.07, 6.45) is 0. The van der Waals surface area contributed by atoms with E-state index in [0.717, 1.165) is 39.3 Å². The Hall–Kier alpha value is -0.970. The van der Waals surface area contributed by atoms with E-state index in [1.165, 1.54) is 22.7 Å². The van der Waals surface area contributed by atoms with Gasteiger partial charge in [0.2, 0.25) is 5.82 Å². The molecule has 0 unspecified atom stereocenters. The van der Waals surface area contributed by atoms with Crippen LogP contribution in [0.4, 0.5) is 11.6 Å². The van der Waals surface area contributed by atoms with Gasteiger partial charge in [0.25, 0.3) is 0 Å². The van der Waals surface area contributed by atoms with Crippen LogP contribution in [0.2, 0.25) is 0 Å². The van der Waals surface area contributed by atoms with E-state index in [1.807, 2.05) is 0 Å². The van der Waals surface area contributed by atoms with E-state index in [0.29, 0.717) is 11.8 Å². The number of fused-ring (bicyclic) bond motifs is 5. The first-order chi connectivity index (χ1) is 10.8. The van der Waals surface area contributed by atoms with Crippen molar-refractivity contribution in [3.05, 3.63) is 24.3 Å². The molecular weight excluding hydrogens is 355 g/mol. The molecule has 2 aliphatic heterocycles. The van der Waals surface area contributed by atoms with Crippen molar-refractivity contribution in [2.24, 2.45) is 0 Å². The molecule has 0 atom stereocenters. The molecule has 0 bridgehead atoms. The topological polar surface area (TPSA) is 14.2 Å². The third-order valence-electron chi connectivity index (χ3n) is 4.69. The molecule has 0 saturated carbocycles. The molecule has 2 aromatic rings. The highest BCUT2D eigenvalue weighted by Gasteiger charge is 2.37. The maximum Gasteiger partial charge on any atom is 0.349 e. The molecule has 0 spiro atoms. The Kier molecular flexibility index (Phi) is 5.04. The van der Waals surface area contributed by atoms with Gasteiger partial charge in [-0.2, -0.15) is 4.57 Å². The van der Waals surface area contributed by atoms with E-state index in [-0.39, 0.29) is 12.4 Å². The van der Waals surface area contributed by atoms with E-state index in [9.17, 15) is 0 Å². The molecule has 0 saturated heterocycles. The van der Waals surface area contributed by atoms with Crippen molar-refractivity contribution in [2.45, 2.75) is 13.1 Å². The molecular formula is C16H20Cl3N4+. The fraction of sp³-hybridized carbons (Fsp3) is 0.500. The molecule has 0 N–H and O–H groups in total. The first kappa shape index (κ1) is 16.9. The van der Waals surface area contributed by atoms with E-state index >= 15 is 0 Å². The van der Waals surface area contributed by atoms with Crippen LogP contribution in [-0.2, 0) is 13.1 Å². The highest BCUT2D eigenvalue weighted by atomic mass is 35.5. The lowest BCUT2D eigenvalue weighted by Gasteiger charge is -2.12. The Bertz CT molecular complexity index is 665. The molecule has 0 aromatic carbocycles. The zero-order valence-corrected chi connectivity index (χ0v) is 15.2. The average molecular weight is 375 g/mol. The Morgan fingerprint density at radius 1 is 0.826 bits per heavy atom. The molecule has 0 fully saturated rings. The van der Waals surface area contributed by atoms with Crippen LogP contribution in [0.1, 0.15) is 0 Å². The number of alkyl halides is 2. The molecule has 4 heterocycles. The number of nitrogens with zero attached hydrogens (tertiary/aromatic N) is 4. The van der Waals surface area contributed by atoms with Gasteiger partial charge >= 0.3 is 11.5 Å². The van der Waals surface area contributed by atoms with Crippen molar-refractivity contribution >= 4 is 45.9 Å². The molecule has 4 rings (SSSR count). The fourth-order valence-electron chi connectivity index (χ4n) is 3.71. The molecule has 124 valence electrons. The van der Waals surface area contributed by atoms with Crippen LogP contribution in [-0.4, -0.2) is 37.9 Å². The van der Waals surface area contributed by atoms with Crippen LogP contribution in [0.25, 0.3) is 11.0 Å². The van der Waals surface area contributed by atoms with Crippen molar-refractivity contribution in [1.29, 1.82) is 0 Å². The van der Waals surface area contributed by atoms with E-state index in [4.69, 9.17) is 23.2 Å². The smallest absolute Gasteiger partial charge is 0.349 e. The zero-order chi connectivity index (χ0) is 15.1.